The van der Waals surface area contributed by atoms with Crippen molar-refractivity contribution in [1.82, 2.24) is 15.5 Å². The molecule has 2 aromatic carbocycles. The van der Waals surface area contributed by atoms with E-state index in [4.69, 9.17) is 4.74 Å². The molecule has 0 aromatic heterocycles. The highest BCUT2D eigenvalue weighted by Gasteiger charge is 2.36. The molecule has 1 fully saturated rings. The van der Waals surface area contributed by atoms with Gasteiger partial charge in [-0.05, 0) is 42.5 Å². The lowest BCUT2D eigenvalue weighted by Crippen LogP contribution is -2.55. The minimum absolute atomic E-state index is 0.0860. The number of phenols is 1. The van der Waals surface area contributed by atoms with E-state index in [9.17, 15) is 24.3 Å². The van der Waals surface area contributed by atoms with E-state index in [0.717, 1.165) is 30.4 Å². The Labute approximate surface area is 236 Å². The van der Waals surface area contributed by atoms with Crippen LogP contribution in [0.25, 0.3) is 0 Å². The Bertz CT molecular complexity index is 1150. The number of carbonyl (C=O) groups excluding carboxylic acids is 4. The van der Waals surface area contributed by atoms with E-state index in [0.29, 0.717) is 0 Å². The molecule has 0 radical (unpaired) electrons. The van der Waals surface area contributed by atoms with Gasteiger partial charge in [0.05, 0.1) is 6.42 Å². The molecule has 0 bridgehead atoms. The Hall–Kier alpha value is -3.88. The number of esters is 1. The molecule has 1 heterocycles. The molecule has 2 aromatic rings. The molecule has 3 N–H and O–H groups in total. The molecule has 3 rings (SSSR count). The van der Waals surface area contributed by atoms with E-state index in [1.165, 1.54) is 24.1 Å². The summed E-state index contributed by atoms with van der Waals surface area (Å²) in [6.45, 7) is 5.56. The Morgan fingerprint density at radius 3 is 2.27 bits per heavy atom. The summed E-state index contributed by atoms with van der Waals surface area (Å²) in [6, 6.07) is 12.8. The molecular weight excluding hydrogens is 510 g/mol. The van der Waals surface area contributed by atoms with Gasteiger partial charge in [0.15, 0.2) is 0 Å². The second kappa shape index (κ2) is 14.5. The Balaban J connectivity index is 1.96. The molecular formula is C31H41N3O6. The number of hydrogen-bond donors (Lipinski definition) is 3. The summed E-state index contributed by atoms with van der Waals surface area (Å²) in [4.78, 5) is 55.0. The van der Waals surface area contributed by atoms with Crippen molar-refractivity contribution >= 4 is 23.7 Å². The maximum absolute atomic E-state index is 13.6. The third kappa shape index (κ3) is 8.56. The van der Waals surface area contributed by atoms with Crippen LogP contribution in [0.15, 0.2) is 54.6 Å². The van der Waals surface area contributed by atoms with Crippen LogP contribution in [0.1, 0.15) is 57.6 Å². The first-order valence-electron chi connectivity index (χ1n) is 14.0. The topological polar surface area (TPSA) is 125 Å². The second-order valence-corrected chi connectivity index (χ2v) is 10.7. The molecule has 0 saturated carbocycles. The van der Waals surface area contributed by atoms with Gasteiger partial charge in [-0.1, -0.05) is 69.2 Å². The summed E-state index contributed by atoms with van der Waals surface area (Å²) in [7, 11) is 1.51. The zero-order valence-corrected chi connectivity index (χ0v) is 23.8. The average molecular weight is 552 g/mol. The lowest BCUT2D eigenvalue weighted by molar-refractivity contribution is -0.162. The monoisotopic (exact) mass is 551 g/mol. The lowest BCUT2D eigenvalue weighted by atomic mass is 9.95. The molecule has 9 nitrogen and oxygen atoms in total. The summed E-state index contributed by atoms with van der Waals surface area (Å²) >= 11 is 0. The van der Waals surface area contributed by atoms with E-state index in [-0.39, 0.29) is 30.9 Å². The van der Waals surface area contributed by atoms with Crippen molar-refractivity contribution in [3.8, 4) is 5.75 Å². The van der Waals surface area contributed by atoms with E-state index in [2.05, 4.69) is 17.6 Å². The van der Waals surface area contributed by atoms with Gasteiger partial charge in [-0.15, -0.1) is 0 Å². The van der Waals surface area contributed by atoms with Crippen LogP contribution in [0.3, 0.4) is 0 Å². The predicted octanol–water partition coefficient (Wildman–Crippen LogP) is 3.14. The van der Waals surface area contributed by atoms with Gasteiger partial charge in [0.25, 0.3) is 0 Å². The fourth-order valence-electron chi connectivity index (χ4n) is 4.86. The molecule has 0 unspecified atom stereocenters. The maximum Gasteiger partial charge on any atom is 0.329 e. The van der Waals surface area contributed by atoms with Crippen molar-refractivity contribution < 1.29 is 29.0 Å². The number of phenolic OH excluding ortho intramolecular Hbond substituents is 1. The maximum atomic E-state index is 13.6. The Morgan fingerprint density at radius 1 is 0.975 bits per heavy atom. The van der Waals surface area contributed by atoms with Crippen LogP contribution in [0.4, 0.5) is 0 Å². The van der Waals surface area contributed by atoms with E-state index in [1.807, 2.05) is 37.3 Å². The zero-order chi connectivity index (χ0) is 29.2. The molecule has 1 aliphatic rings. The number of rotatable bonds is 8. The number of unbranched alkanes of at least 4 members (excludes halogenated alkanes) is 1. The summed E-state index contributed by atoms with van der Waals surface area (Å²) in [5.41, 5.74) is 1.58. The molecule has 9 heteroatoms. The fourth-order valence-corrected chi connectivity index (χ4v) is 4.86. The number of nitrogens with zero attached hydrogens (tertiary/aromatic N) is 1. The summed E-state index contributed by atoms with van der Waals surface area (Å²) in [5, 5.41) is 15.2. The first-order valence-corrected chi connectivity index (χ1v) is 14.0. The third-order valence-electron chi connectivity index (χ3n) is 7.42. The number of likely N-dealkylation sites (N-methyl/N-ethyl adjacent to an activating group) is 1. The molecule has 40 heavy (non-hydrogen) atoms. The fraction of sp³-hybridized carbons (Fsp3) is 0.484. The van der Waals surface area contributed by atoms with Gasteiger partial charge < -0.3 is 25.4 Å². The number of benzene rings is 2. The van der Waals surface area contributed by atoms with Gasteiger partial charge in [0.2, 0.25) is 17.7 Å². The van der Waals surface area contributed by atoms with Crippen molar-refractivity contribution in [2.75, 3.05) is 7.05 Å². The number of aromatic hydroxyl groups is 1. The van der Waals surface area contributed by atoms with Crippen LogP contribution in [-0.4, -0.2) is 65.0 Å². The molecule has 5 atom stereocenters. The first-order chi connectivity index (χ1) is 19.1. The first kappa shape index (κ1) is 30.7. The largest absolute Gasteiger partial charge is 0.508 e. The molecule has 0 spiro atoms. The van der Waals surface area contributed by atoms with Gasteiger partial charge in [-0.3, -0.25) is 14.4 Å². The number of amides is 3. The van der Waals surface area contributed by atoms with Crippen LogP contribution in [0.2, 0.25) is 0 Å². The predicted molar refractivity (Wildman–Crippen MR) is 151 cm³/mol. The zero-order valence-electron chi connectivity index (χ0n) is 23.8. The van der Waals surface area contributed by atoms with Gasteiger partial charge in [-0.2, -0.15) is 0 Å². The number of carbonyl (C=O) groups is 4. The number of ether oxygens (including phenoxy) is 1. The summed E-state index contributed by atoms with van der Waals surface area (Å²) in [5.74, 6) is -2.00. The van der Waals surface area contributed by atoms with Crippen molar-refractivity contribution in [3.63, 3.8) is 0 Å². The lowest BCUT2D eigenvalue weighted by Gasteiger charge is -2.31. The molecule has 1 aliphatic heterocycles. The number of cyclic esters (lactones) is 1. The number of nitrogens with one attached hydrogen (secondary N) is 2. The number of hydrogen-bond acceptors (Lipinski definition) is 6. The second-order valence-electron chi connectivity index (χ2n) is 10.7. The minimum Gasteiger partial charge on any atom is -0.508 e. The molecule has 0 aliphatic carbocycles. The van der Waals surface area contributed by atoms with Crippen molar-refractivity contribution in [1.29, 1.82) is 0 Å². The highest BCUT2D eigenvalue weighted by Crippen LogP contribution is 2.22. The van der Waals surface area contributed by atoms with Crippen LogP contribution < -0.4 is 10.6 Å². The average Bonchev–Trinajstić information content (AvgIpc) is 2.94. The summed E-state index contributed by atoms with van der Waals surface area (Å²) in [6.07, 6.45) is 2.16. The van der Waals surface area contributed by atoms with Crippen molar-refractivity contribution in [3.05, 3.63) is 65.7 Å². The van der Waals surface area contributed by atoms with Crippen molar-refractivity contribution in [2.45, 2.75) is 83.5 Å². The van der Waals surface area contributed by atoms with E-state index in [1.54, 1.807) is 19.1 Å². The normalized spacial score (nSPS) is 23.6. The van der Waals surface area contributed by atoms with Gasteiger partial charge >= 0.3 is 5.97 Å². The van der Waals surface area contributed by atoms with Gasteiger partial charge in [-0.25, -0.2) is 4.79 Å². The van der Waals surface area contributed by atoms with E-state index < -0.39 is 47.9 Å². The Morgan fingerprint density at radius 2 is 1.62 bits per heavy atom. The highest BCUT2D eigenvalue weighted by molar-refractivity contribution is 5.94. The SMILES string of the molecule is CCCC[C@H](C)[C@H]1CC(=O)N[C@H](Cc2ccccc2)C(=O)N[C@H](C)C(=O)N(C)[C@@H](Cc2ccc(O)cc2)C(=O)O1. The highest BCUT2D eigenvalue weighted by atomic mass is 16.5. The van der Waals surface area contributed by atoms with Crippen molar-refractivity contribution in [2.24, 2.45) is 5.92 Å². The quantitative estimate of drug-likeness (QED) is 0.433. The summed E-state index contributed by atoms with van der Waals surface area (Å²) < 4.78 is 5.99. The smallest absolute Gasteiger partial charge is 0.329 e. The molecule has 1 saturated heterocycles. The standard InChI is InChI=1S/C31H41N3O6/c1-5-6-10-20(2)27-19-28(36)33-25(17-22-11-8-7-9-12-22)29(37)32-21(3)30(38)34(4)26(31(39)40-27)18-23-13-15-24(35)16-14-23/h7-9,11-16,20-21,25-27,35H,5-6,10,17-19H2,1-4H3,(H,32,37)(H,33,36)/t20-,21+,25+,26-,27+/m0/s1. The molecule has 3 amide bonds. The van der Waals surface area contributed by atoms with Crippen LogP contribution >= 0.6 is 0 Å². The third-order valence-corrected chi connectivity index (χ3v) is 7.42. The van der Waals surface area contributed by atoms with Gasteiger partial charge in [0.1, 0.15) is 30.0 Å². The van der Waals surface area contributed by atoms with Crippen LogP contribution in [0.5, 0.6) is 5.75 Å². The van der Waals surface area contributed by atoms with E-state index >= 15 is 0 Å². The van der Waals surface area contributed by atoms with Gasteiger partial charge in [0, 0.05) is 19.9 Å². The van der Waals surface area contributed by atoms with Crippen LogP contribution in [0, 0.1) is 5.92 Å². The minimum atomic E-state index is -0.999. The Kier molecular flexibility index (Phi) is 11.1. The van der Waals surface area contributed by atoms with Crippen LogP contribution in [-0.2, 0) is 36.8 Å². The molecule has 216 valence electrons.